The van der Waals surface area contributed by atoms with Crippen molar-refractivity contribution in [2.45, 2.75) is 24.8 Å². The zero-order valence-corrected chi connectivity index (χ0v) is 7.96. The standard InChI is InChI=1S/C8H13Cl2N/c9-5-2-6-11-8(7-10)3-1-4-8/h2,5,11H,1,3-4,6-7H2/b5-2+. The molecule has 1 nitrogen and oxygen atoms in total. The number of hydrogen-bond acceptors (Lipinski definition) is 1. The molecule has 0 spiro atoms. The van der Waals surface area contributed by atoms with E-state index in [0.29, 0.717) is 5.88 Å². The molecule has 3 heteroatoms. The Morgan fingerprint density at radius 2 is 2.18 bits per heavy atom. The smallest absolute Gasteiger partial charge is 0.0406 e. The molecule has 0 heterocycles. The first-order valence-corrected chi connectivity index (χ1v) is 4.86. The fourth-order valence-electron chi connectivity index (χ4n) is 1.28. The summed E-state index contributed by atoms with van der Waals surface area (Å²) in [6.07, 6.45) is 5.59. The molecule has 0 unspecified atom stereocenters. The summed E-state index contributed by atoms with van der Waals surface area (Å²) in [4.78, 5) is 0. The molecule has 1 aliphatic carbocycles. The van der Waals surface area contributed by atoms with Gasteiger partial charge in [0, 0.05) is 23.5 Å². The van der Waals surface area contributed by atoms with Crippen molar-refractivity contribution in [3.8, 4) is 0 Å². The zero-order chi connectivity index (χ0) is 8.16. The lowest BCUT2D eigenvalue weighted by atomic mass is 9.78. The van der Waals surface area contributed by atoms with E-state index in [0.717, 1.165) is 6.54 Å². The minimum Gasteiger partial charge on any atom is -0.307 e. The molecule has 64 valence electrons. The Kier molecular flexibility index (Phi) is 3.70. The van der Waals surface area contributed by atoms with Crippen LogP contribution < -0.4 is 5.32 Å². The number of rotatable bonds is 4. The lowest BCUT2D eigenvalue weighted by molar-refractivity contribution is 0.221. The van der Waals surface area contributed by atoms with Crippen molar-refractivity contribution in [3.63, 3.8) is 0 Å². The molecule has 1 aliphatic rings. The van der Waals surface area contributed by atoms with Gasteiger partial charge in [-0.1, -0.05) is 17.7 Å². The molecule has 1 N–H and O–H groups in total. The molecular weight excluding hydrogens is 181 g/mol. The second-order valence-corrected chi connectivity index (χ2v) is 3.53. The van der Waals surface area contributed by atoms with Gasteiger partial charge < -0.3 is 5.32 Å². The lowest BCUT2D eigenvalue weighted by Crippen LogP contribution is -2.52. The minimum atomic E-state index is 0.220. The second-order valence-electron chi connectivity index (χ2n) is 3.01. The summed E-state index contributed by atoms with van der Waals surface area (Å²) in [6.45, 7) is 0.830. The van der Waals surface area contributed by atoms with Crippen molar-refractivity contribution >= 4 is 23.2 Å². The lowest BCUT2D eigenvalue weighted by Gasteiger charge is -2.41. The van der Waals surface area contributed by atoms with Gasteiger partial charge in [-0.25, -0.2) is 0 Å². The Hall–Kier alpha value is 0.280. The largest absolute Gasteiger partial charge is 0.307 e. The topological polar surface area (TPSA) is 12.0 Å². The Morgan fingerprint density at radius 3 is 2.55 bits per heavy atom. The molecule has 0 saturated heterocycles. The summed E-state index contributed by atoms with van der Waals surface area (Å²) in [5.74, 6) is 0.711. The third-order valence-electron chi connectivity index (χ3n) is 2.25. The maximum atomic E-state index is 5.82. The monoisotopic (exact) mass is 193 g/mol. The van der Waals surface area contributed by atoms with Crippen LogP contribution in [-0.4, -0.2) is 18.0 Å². The van der Waals surface area contributed by atoms with Gasteiger partial charge >= 0.3 is 0 Å². The molecule has 0 aliphatic heterocycles. The van der Waals surface area contributed by atoms with Crippen molar-refractivity contribution in [2.75, 3.05) is 12.4 Å². The van der Waals surface area contributed by atoms with Crippen molar-refractivity contribution in [1.82, 2.24) is 5.32 Å². The Morgan fingerprint density at radius 1 is 1.45 bits per heavy atom. The van der Waals surface area contributed by atoms with Crippen molar-refractivity contribution in [3.05, 3.63) is 11.6 Å². The average Bonchev–Trinajstić information content (AvgIpc) is 1.95. The SMILES string of the molecule is Cl/C=C/CNC1(CCl)CCC1. The molecule has 1 fully saturated rings. The normalized spacial score (nSPS) is 22.0. The highest BCUT2D eigenvalue weighted by molar-refractivity contribution is 6.25. The van der Waals surface area contributed by atoms with Crippen LogP contribution in [0.3, 0.4) is 0 Å². The van der Waals surface area contributed by atoms with Crippen molar-refractivity contribution < 1.29 is 0 Å². The molecule has 0 aromatic heterocycles. The molecule has 0 aromatic carbocycles. The van der Waals surface area contributed by atoms with Crippen LogP contribution in [-0.2, 0) is 0 Å². The summed E-state index contributed by atoms with van der Waals surface area (Å²) < 4.78 is 0. The third kappa shape index (κ3) is 2.36. The average molecular weight is 194 g/mol. The second kappa shape index (κ2) is 4.34. The summed E-state index contributed by atoms with van der Waals surface area (Å²) in [6, 6.07) is 0. The molecule has 1 saturated carbocycles. The van der Waals surface area contributed by atoms with Crippen molar-refractivity contribution in [1.29, 1.82) is 0 Å². The molecule has 11 heavy (non-hydrogen) atoms. The summed E-state index contributed by atoms with van der Waals surface area (Å²) >= 11 is 11.2. The highest BCUT2D eigenvalue weighted by Crippen LogP contribution is 2.32. The van der Waals surface area contributed by atoms with Crippen LogP contribution in [0.1, 0.15) is 19.3 Å². The van der Waals surface area contributed by atoms with E-state index in [1.165, 1.54) is 24.8 Å². The van der Waals surface area contributed by atoms with Gasteiger partial charge in [-0.15, -0.1) is 11.6 Å². The zero-order valence-electron chi connectivity index (χ0n) is 6.45. The van der Waals surface area contributed by atoms with E-state index in [-0.39, 0.29) is 5.54 Å². The van der Waals surface area contributed by atoms with Crippen LogP contribution in [0.25, 0.3) is 0 Å². The van der Waals surface area contributed by atoms with Crippen LogP contribution >= 0.6 is 23.2 Å². The van der Waals surface area contributed by atoms with Gasteiger partial charge in [0.25, 0.3) is 0 Å². The molecule has 0 amide bonds. The number of nitrogens with one attached hydrogen (secondary N) is 1. The molecule has 0 bridgehead atoms. The van der Waals surface area contributed by atoms with Gasteiger partial charge in [-0.2, -0.15) is 0 Å². The maximum absolute atomic E-state index is 5.82. The fraction of sp³-hybridized carbons (Fsp3) is 0.750. The van der Waals surface area contributed by atoms with Gasteiger partial charge in [-0.3, -0.25) is 0 Å². The molecule has 0 aromatic rings. The van der Waals surface area contributed by atoms with Crippen LogP contribution in [0.2, 0.25) is 0 Å². The number of alkyl halides is 1. The van der Waals surface area contributed by atoms with E-state index >= 15 is 0 Å². The predicted octanol–water partition coefficient (Wildman–Crippen LogP) is 2.49. The van der Waals surface area contributed by atoms with Crippen LogP contribution in [0.15, 0.2) is 11.6 Å². The molecular formula is C8H13Cl2N. The Bertz CT molecular complexity index is 136. The summed E-state index contributed by atoms with van der Waals surface area (Å²) in [5, 5.41) is 3.38. The predicted molar refractivity (Wildman–Crippen MR) is 50.3 cm³/mol. The summed E-state index contributed by atoms with van der Waals surface area (Å²) in [7, 11) is 0. The maximum Gasteiger partial charge on any atom is 0.0406 e. The molecule has 1 rings (SSSR count). The highest BCUT2D eigenvalue weighted by Gasteiger charge is 2.34. The van der Waals surface area contributed by atoms with Crippen LogP contribution in [0.5, 0.6) is 0 Å². The van der Waals surface area contributed by atoms with Crippen molar-refractivity contribution in [2.24, 2.45) is 0 Å². The van der Waals surface area contributed by atoms with E-state index < -0.39 is 0 Å². The van der Waals surface area contributed by atoms with Gasteiger partial charge in [0.1, 0.15) is 0 Å². The molecule has 0 radical (unpaired) electrons. The van der Waals surface area contributed by atoms with E-state index in [1.54, 1.807) is 0 Å². The van der Waals surface area contributed by atoms with E-state index in [4.69, 9.17) is 23.2 Å². The fourth-order valence-corrected chi connectivity index (χ4v) is 1.73. The van der Waals surface area contributed by atoms with Gasteiger partial charge in [0.15, 0.2) is 0 Å². The molecule has 0 atom stereocenters. The number of hydrogen-bond donors (Lipinski definition) is 1. The first-order valence-electron chi connectivity index (χ1n) is 3.89. The van der Waals surface area contributed by atoms with Gasteiger partial charge in [-0.05, 0) is 19.3 Å². The summed E-state index contributed by atoms with van der Waals surface area (Å²) in [5.41, 5.74) is 1.76. The minimum absolute atomic E-state index is 0.220. The highest BCUT2D eigenvalue weighted by atomic mass is 35.5. The van der Waals surface area contributed by atoms with Gasteiger partial charge in [0.05, 0.1) is 0 Å². The Labute approximate surface area is 77.8 Å². The first-order chi connectivity index (χ1) is 5.33. The van der Waals surface area contributed by atoms with E-state index in [1.807, 2.05) is 6.08 Å². The number of halogens is 2. The van der Waals surface area contributed by atoms with E-state index in [2.05, 4.69) is 5.32 Å². The van der Waals surface area contributed by atoms with Crippen LogP contribution in [0.4, 0.5) is 0 Å². The quantitative estimate of drug-likeness (QED) is 0.678. The third-order valence-corrected chi connectivity index (χ3v) is 2.94. The van der Waals surface area contributed by atoms with Gasteiger partial charge in [0.2, 0.25) is 0 Å². The first kappa shape index (κ1) is 9.37. The Balaban J connectivity index is 2.21. The van der Waals surface area contributed by atoms with E-state index in [9.17, 15) is 0 Å². The van der Waals surface area contributed by atoms with Crippen LogP contribution in [0, 0.1) is 0 Å².